The second kappa shape index (κ2) is 8.05. The molecule has 1 saturated heterocycles. The van der Waals surface area contributed by atoms with E-state index in [2.05, 4.69) is 5.32 Å². The van der Waals surface area contributed by atoms with Gasteiger partial charge in [0.1, 0.15) is 0 Å². The lowest BCUT2D eigenvalue weighted by molar-refractivity contribution is -0.133. The van der Waals surface area contributed by atoms with Crippen molar-refractivity contribution < 1.29 is 13.6 Å². The molecule has 0 bridgehead atoms. The van der Waals surface area contributed by atoms with E-state index in [0.29, 0.717) is 19.5 Å². The van der Waals surface area contributed by atoms with Crippen molar-refractivity contribution in [2.75, 3.05) is 13.1 Å². The Morgan fingerprint density at radius 3 is 2.68 bits per heavy atom. The number of hydrogen-bond donors (Lipinski definition) is 1. The first kappa shape index (κ1) is 19.9. The molecule has 1 N–H and O–H groups in total. The lowest BCUT2D eigenvalue weighted by Gasteiger charge is -2.29. The topological polar surface area (TPSA) is 76.3 Å². The number of carbonyl (C=O) groups is 1. The zero-order chi connectivity index (χ0) is 20.4. The Morgan fingerprint density at radius 2 is 2.00 bits per heavy atom. The molecule has 2 heterocycles. The maximum absolute atomic E-state index is 14.0. The van der Waals surface area contributed by atoms with Crippen molar-refractivity contribution in [1.82, 2.24) is 19.4 Å². The summed E-state index contributed by atoms with van der Waals surface area (Å²) in [4.78, 5) is 38.8. The van der Waals surface area contributed by atoms with Crippen LogP contribution in [0.2, 0.25) is 0 Å². The van der Waals surface area contributed by atoms with Crippen molar-refractivity contribution in [3.8, 4) is 0 Å². The van der Waals surface area contributed by atoms with Crippen molar-refractivity contribution in [2.24, 2.45) is 14.1 Å². The highest BCUT2D eigenvalue weighted by atomic mass is 19.2. The van der Waals surface area contributed by atoms with Crippen LogP contribution in [0.15, 0.2) is 34.0 Å². The van der Waals surface area contributed by atoms with Gasteiger partial charge in [0.15, 0.2) is 11.6 Å². The molecule has 1 aliphatic heterocycles. The van der Waals surface area contributed by atoms with Crippen molar-refractivity contribution in [2.45, 2.75) is 25.4 Å². The lowest BCUT2D eigenvalue weighted by atomic mass is 10.1. The number of amides is 1. The number of halogens is 2. The molecule has 1 aromatic carbocycles. The summed E-state index contributed by atoms with van der Waals surface area (Å²) < 4.78 is 29.7. The molecular formula is C19H22F2N4O3. The fraction of sp³-hybridized carbons (Fsp3) is 0.421. The van der Waals surface area contributed by atoms with Gasteiger partial charge in [0.05, 0.1) is 18.5 Å². The Balaban J connectivity index is 1.92. The summed E-state index contributed by atoms with van der Waals surface area (Å²) in [6.07, 6.45) is 1.78. The third-order valence-corrected chi connectivity index (χ3v) is 5.03. The Kier molecular flexibility index (Phi) is 5.73. The minimum atomic E-state index is -1.04. The van der Waals surface area contributed by atoms with Crippen LogP contribution in [0.25, 0.3) is 0 Å². The Bertz CT molecular complexity index is 1010. The van der Waals surface area contributed by atoms with Crippen LogP contribution in [0, 0.1) is 11.6 Å². The van der Waals surface area contributed by atoms with E-state index in [4.69, 9.17) is 0 Å². The number of aryl methyl sites for hydroxylation is 1. The van der Waals surface area contributed by atoms with Crippen LogP contribution in [0.4, 0.5) is 8.78 Å². The monoisotopic (exact) mass is 392 g/mol. The molecule has 0 spiro atoms. The molecule has 1 unspecified atom stereocenters. The van der Waals surface area contributed by atoms with Crippen molar-refractivity contribution in [1.29, 1.82) is 0 Å². The smallest absolute Gasteiger partial charge is 0.330 e. The highest BCUT2D eigenvalue weighted by molar-refractivity contribution is 5.79. The quantitative estimate of drug-likeness (QED) is 0.794. The summed E-state index contributed by atoms with van der Waals surface area (Å²) in [6, 6.07) is 3.54. The van der Waals surface area contributed by atoms with Crippen LogP contribution in [-0.4, -0.2) is 39.1 Å². The summed E-state index contributed by atoms with van der Waals surface area (Å²) in [5.74, 6) is -2.46. The van der Waals surface area contributed by atoms with Gasteiger partial charge in [-0.05, 0) is 19.0 Å². The Hall–Kier alpha value is -2.81. The van der Waals surface area contributed by atoms with E-state index in [1.807, 2.05) is 0 Å². The summed E-state index contributed by atoms with van der Waals surface area (Å²) in [7, 11) is 2.90. The molecule has 0 saturated carbocycles. The van der Waals surface area contributed by atoms with Crippen molar-refractivity contribution >= 4 is 5.91 Å². The maximum Gasteiger partial charge on any atom is 0.330 e. The van der Waals surface area contributed by atoms with Gasteiger partial charge >= 0.3 is 5.69 Å². The van der Waals surface area contributed by atoms with Gasteiger partial charge < -0.3 is 14.8 Å². The zero-order valence-electron chi connectivity index (χ0n) is 15.7. The second-order valence-corrected chi connectivity index (χ2v) is 6.97. The van der Waals surface area contributed by atoms with E-state index in [0.717, 1.165) is 10.6 Å². The van der Waals surface area contributed by atoms with Gasteiger partial charge in [-0.3, -0.25) is 14.2 Å². The maximum atomic E-state index is 14.0. The van der Waals surface area contributed by atoms with Crippen LogP contribution in [0.1, 0.15) is 17.5 Å². The van der Waals surface area contributed by atoms with Crippen LogP contribution >= 0.6 is 0 Å². The molecule has 1 aromatic heterocycles. The molecule has 3 rings (SSSR count). The van der Waals surface area contributed by atoms with Gasteiger partial charge in [-0.1, -0.05) is 12.1 Å². The van der Waals surface area contributed by atoms with E-state index in [1.165, 1.54) is 41.9 Å². The number of carbonyl (C=O) groups excluding carboxylic acids is 1. The minimum Gasteiger partial charge on any atom is -0.334 e. The summed E-state index contributed by atoms with van der Waals surface area (Å²) >= 11 is 0. The predicted octanol–water partition coefficient (Wildman–Crippen LogP) is 0.295. The van der Waals surface area contributed by atoms with E-state index < -0.39 is 28.8 Å². The third kappa shape index (κ3) is 3.89. The zero-order valence-corrected chi connectivity index (χ0v) is 15.7. The van der Waals surface area contributed by atoms with Gasteiger partial charge in [0, 0.05) is 38.4 Å². The largest absolute Gasteiger partial charge is 0.334 e. The molecular weight excluding hydrogens is 370 g/mol. The number of aromatic nitrogens is 2. The number of nitrogens with one attached hydrogen (secondary N) is 1. The molecule has 0 aliphatic carbocycles. The van der Waals surface area contributed by atoms with Gasteiger partial charge in [-0.25, -0.2) is 13.6 Å². The molecule has 9 heteroatoms. The van der Waals surface area contributed by atoms with Crippen LogP contribution in [0.3, 0.4) is 0 Å². The van der Waals surface area contributed by atoms with Crippen molar-refractivity contribution in [3.63, 3.8) is 0 Å². The van der Waals surface area contributed by atoms with E-state index in [9.17, 15) is 23.2 Å². The minimum absolute atomic E-state index is 0.0110. The third-order valence-electron chi connectivity index (χ3n) is 5.03. The van der Waals surface area contributed by atoms with E-state index in [-0.39, 0.29) is 30.1 Å². The normalized spacial score (nSPS) is 16.4. The van der Waals surface area contributed by atoms with Gasteiger partial charge in [-0.2, -0.15) is 0 Å². The summed E-state index contributed by atoms with van der Waals surface area (Å²) in [6.45, 7) is 1.25. The van der Waals surface area contributed by atoms with E-state index in [1.54, 1.807) is 0 Å². The first-order valence-electron chi connectivity index (χ1n) is 8.98. The SMILES string of the molecule is Cn1cc(CN(C(=O)Cc2cccc(F)c2F)C2CCNC2)c(=O)n(C)c1=O. The highest BCUT2D eigenvalue weighted by Gasteiger charge is 2.28. The molecule has 1 aliphatic rings. The first-order valence-corrected chi connectivity index (χ1v) is 8.98. The van der Waals surface area contributed by atoms with E-state index >= 15 is 0 Å². The predicted molar refractivity (Wildman–Crippen MR) is 98.8 cm³/mol. The molecule has 2 aromatic rings. The lowest BCUT2D eigenvalue weighted by Crippen LogP contribution is -2.45. The Morgan fingerprint density at radius 1 is 1.25 bits per heavy atom. The van der Waals surface area contributed by atoms with Gasteiger partial charge in [-0.15, -0.1) is 0 Å². The molecule has 7 nitrogen and oxygen atoms in total. The molecule has 1 atom stereocenters. The Labute approximate surface area is 160 Å². The molecule has 1 fully saturated rings. The van der Waals surface area contributed by atoms with Crippen LogP contribution < -0.4 is 16.6 Å². The standard InChI is InChI=1S/C19H22F2N4O3/c1-23-10-13(18(27)24(2)19(23)28)11-25(14-6-7-22-9-14)16(26)8-12-4-3-5-15(20)17(12)21/h3-5,10,14,22H,6-9,11H2,1-2H3. The van der Waals surface area contributed by atoms with Crippen LogP contribution in [-0.2, 0) is 31.9 Å². The second-order valence-electron chi connectivity index (χ2n) is 6.97. The number of nitrogens with zero attached hydrogens (tertiary/aromatic N) is 3. The molecule has 0 radical (unpaired) electrons. The average Bonchev–Trinajstić information content (AvgIpc) is 3.19. The molecule has 28 heavy (non-hydrogen) atoms. The average molecular weight is 392 g/mol. The van der Waals surface area contributed by atoms with Gasteiger partial charge in [0.25, 0.3) is 5.56 Å². The van der Waals surface area contributed by atoms with Gasteiger partial charge in [0.2, 0.25) is 5.91 Å². The first-order chi connectivity index (χ1) is 13.3. The molecule has 1 amide bonds. The molecule has 150 valence electrons. The fourth-order valence-corrected chi connectivity index (χ4v) is 3.45. The fourth-order valence-electron chi connectivity index (χ4n) is 3.45. The summed E-state index contributed by atoms with van der Waals surface area (Å²) in [5.41, 5.74) is -0.696. The summed E-state index contributed by atoms with van der Waals surface area (Å²) in [5, 5.41) is 3.16. The number of rotatable bonds is 5. The van der Waals surface area contributed by atoms with Crippen molar-refractivity contribution in [3.05, 3.63) is 68.0 Å². The number of benzene rings is 1. The number of hydrogen-bond acceptors (Lipinski definition) is 4. The highest BCUT2D eigenvalue weighted by Crippen LogP contribution is 2.17. The van der Waals surface area contributed by atoms with Crippen LogP contribution in [0.5, 0.6) is 0 Å².